The van der Waals surface area contributed by atoms with Gasteiger partial charge in [0.1, 0.15) is 0 Å². The summed E-state index contributed by atoms with van der Waals surface area (Å²) in [6.45, 7) is 1.97. The molecule has 0 radical (unpaired) electrons. The van der Waals surface area contributed by atoms with E-state index in [1.807, 2.05) is 37.3 Å². The van der Waals surface area contributed by atoms with Crippen LogP contribution in [-0.4, -0.2) is 28.2 Å². The summed E-state index contributed by atoms with van der Waals surface area (Å²) in [6.07, 6.45) is 0.709. The van der Waals surface area contributed by atoms with Crippen LogP contribution in [0.4, 0.5) is 5.95 Å². The summed E-state index contributed by atoms with van der Waals surface area (Å²) in [5, 5.41) is 9.07. The molecular weight excluding hydrogens is 244 g/mol. The van der Waals surface area contributed by atoms with Gasteiger partial charge in [0.25, 0.3) is 0 Å². The van der Waals surface area contributed by atoms with E-state index in [1.165, 1.54) is 7.11 Å². The largest absolute Gasteiger partial charge is 0.466 e. The molecule has 100 valence electrons. The molecule has 1 aromatic heterocycles. The average Bonchev–Trinajstić information content (AvgIpc) is 2.88. The minimum absolute atomic E-state index is 0.118. The van der Waals surface area contributed by atoms with Crippen molar-refractivity contribution in [1.82, 2.24) is 15.2 Å². The molecule has 0 aliphatic heterocycles. The van der Waals surface area contributed by atoms with Gasteiger partial charge in [-0.05, 0) is 12.0 Å². The first-order valence-electron chi connectivity index (χ1n) is 6.06. The Balaban J connectivity index is 2.09. The van der Waals surface area contributed by atoms with Crippen molar-refractivity contribution in [3.63, 3.8) is 0 Å². The Kier molecular flexibility index (Phi) is 4.12. The number of hydrogen-bond acceptors (Lipinski definition) is 4. The molecule has 2 rings (SSSR count). The molecular formula is C13H16N4O2. The van der Waals surface area contributed by atoms with Gasteiger partial charge in [-0.15, -0.1) is 5.10 Å². The van der Waals surface area contributed by atoms with Crippen LogP contribution in [-0.2, 0) is 4.79 Å². The summed E-state index contributed by atoms with van der Waals surface area (Å²) >= 11 is 0. The molecule has 2 N–H and O–H groups in total. The van der Waals surface area contributed by atoms with E-state index >= 15 is 0 Å². The number of hydrogen-bond donors (Lipinski definition) is 2. The molecule has 6 nitrogen and oxygen atoms in total. The maximum atomic E-state index is 12.2. The Morgan fingerprint density at radius 2 is 2.16 bits per heavy atom. The van der Waals surface area contributed by atoms with E-state index in [0.717, 1.165) is 5.56 Å². The third-order valence-corrected chi connectivity index (χ3v) is 2.82. The van der Waals surface area contributed by atoms with E-state index < -0.39 is 0 Å². The van der Waals surface area contributed by atoms with Crippen molar-refractivity contribution < 1.29 is 9.53 Å². The fraction of sp³-hybridized carbons (Fsp3) is 0.308. The first-order chi connectivity index (χ1) is 9.24. The lowest BCUT2D eigenvalue weighted by molar-refractivity contribution is -0.117. The minimum atomic E-state index is -0.211. The molecule has 1 amide bonds. The molecule has 1 aromatic carbocycles. The molecule has 0 bridgehead atoms. The van der Waals surface area contributed by atoms with Crippen LogP contribution in [0.25, 0.3) is 0 Å². The van der Waals surface area contributed by atoms with E-state index in [0.29, 0.717) is 6.42 Å². The number of methoxy groups -OCH3 is 1. The van der Waals surface area contributed by atoms with Gasteiger partial charge in [0.2, 0.25) is 11.9 Å². The fourth-order valence-corrected chi connectivity index (χ4v) is 1.86. The summed E-state index contributed by atoms with van der Waals surface area (Å²) in [5.41, 5.74) is 0.981. The number of rotatable bonds is 5. The molecule has 1 heterocycles. The third kappa shape index (κ3) is 3.09. The lowest BCUT2D eigenvalue weighted by Crippen LogP contribution is -2.21. The highest BCUT2D eigenvalue weighted by Gasteiger charge is 2.19. The number of nitrogens with one attached hydrogen (secondary N) is 2. The van der Waals surface area contributed by atoms with Crippen molar-refractivity contribution in [3.05, 3.63) is 35.9 Å². The summed E-state index contributed by atoms with van der Waals surface area (Å²) in [6, 6.07) is 9.84. The Morgan fingerprint density at radius 1 is 1.42 bits per heavy atom. The summed E-state index contributed by atoms with van der Waals surface area (Å²) < 4.78 is 4.84. The van der Waals surface area contributed by atoms with Crippen molar-refractivity contribution >= 4 is 11.9 Å². The molecule has 6 heteroatoms. The number of carbonyl (C=O) groups excluding carboxylic acids is 1. The second kappa shape index (κ2) is 5.99. The molecule has 0 aliphatic rings. The molecule has 2 aromatic rings. The number of carbonyl (C=O) groups is 1. The Labute approximate surface area is 111 Å². The number of aromatic nitrogens is 3. The number of benzene rings is 1. The van der Waals surface area contributed by atoms with Crippen LogP contribution in [0.2, 0.25) is 0 Å². The van der Waals surface area contributed by atoms with E-state index in [-0.39, 0.29) is 23.8 Å². The van der Waals surface area contributed by atoms with Crippen molar-refractivity contribution in [2.75, 3.05) is 12.4 Å². The highest BCUT2D eigenvalue weighted by Crippen LogP contribution is 2.20. The fourth-order valence-electron chi connectivity index (χ4n) is 1.86. The predicted molar refractivity (Wildman–Crippen MR) is 71.0 cm³/mol. The molecule has 0 fully saturated rings. The molecule has 1 atom stereocenters. The summed E-state index contributed by atoms with van der Waals surface area (Å²) in [5.74, 6) is -0.0407. The van der Waals surface area contributed by atoms with Gasteiger partial charge in [-0.3, -0.25) is 10.1 Å². The van der Waals surface area contributed by atoms with Gasteiger partial charge in [0.15, 0.2) is 0 Å². The van der Waals surface area contributed by atoms with Crippen LogP contribution in [0.3, 0.4) is 0 Å². The number of aromatic amines is 1. The van der Waals surface area contributed by atoms with Gasteiger partial charge in [-0.25, -0.2) is 5.10 Å². The first kappa shape index (κ1) is 13.1. The molecule has 1 unspecified atom stereocenters. The highest BCUT2D eigenvalue weighted by molar-refractivity contribution is 5.94. The molecule has 19 heavy (non-hydrogen) atoms. The van der Waals surface area contributed by atoms with Crippen LogP contribution in [0.5, 0.6) is 6.01 Å². The van der Waals surface area contributed by atoms with Crippen LogP contribution in [0, 0.1) is 0 Å². The van der Waals surface area contributed by atoms with Crippen LogP contribution in [0.1, 0.15) is 24.8 Å². The quantitative estimate of drug-likeness (QED) is 0.861. The second-order valence-corrected chi connectivity index (χ2v) is 4.03. The maximum absolute atomic E-state index is 12.2. The molecule has 0 saturated heterocycles. The van der Waals surface area contributed by atoms with Crippen molar-refractivity contribution in [2.24, 2.45) is 0 Å². The van der Waals surface area contributed by atoms with Gasteiger partial charge >= 0.3 is 6.01 Å². The number of nitrogens with zero attached hydrogens (tertiary/aromatic N) is 2. The lowest BCUT2D eigenvalue weighted by Gasteiger charge is -2.13. The Bertz CT molecular complexity index is 539. The zero-order chi connectivity index (χ0) is 13.7. The highest BCUT2D eigenvalue weighted by atomic mass is 16.5. The van der Waals surface area contributed by atoms with Crippen molar-refractivity contribution in [3.8, 4) is 6.01 Å². The van der Waals surface area contributed by atoms with E-state index in [4.69, 9.17) is 4.74 Å². The predicted octanol–water partition coefficient (Wildman–Crippen LogP) is 1.95. The SMILES string of the molecule is CCC(C(=O)Nc1nc(OC)n[nH]1)c1ccccc1. The van der Waals surface area contributed by atoms with Crippen LogP contribution < -0.4 is 10.1 Å². The average molecular weight is 260 g/mol. The summed E-state index contributed by atoms with van der Waals surface area (Å²) in [4.78, 5) is 16.2. The molecule has 0 spiro atoms. The monoisotopic (exact) mass is 260 g/mol. The smallest absolute Gasteiger partial charge is 0.336 e. The Morgan fingerprint density at radius 3 is 2.74 bits per heavy atom. The standard InChI is InChI=1S/C13H16N4O2/c1-3-10(9-7-5-4-6-8-9)11(18)14-12-15-13(19-2)17-16-12/h4-8,10H,3H2,1-2H3,(H2,14,15,16,17,18). The number of ether oxygens (including phenoxy) is 1. The number of amides is 1. The van der Waals surface area contributed by atoms with E-state index in [2.05, 4.69) is 20.5 Å². The van der Waals surface area contributed by atoms with Crippen molar-refractivity contribution in [1.29, 1.82) is 0 Å². The van der Waals surface area contributed by atoms with Crippen molar-refractivity contribution in [2.45, 2.75) is 19.3 Å². The van der Waals surface area contributed by atoms with Gasteiger partial charge in [0, 0.05) is 0 Å². The zero-order valence-corrected chi connectivity index (χ0v) is 10.9. The van der Waals surface area contributed by atoms with Gasteiger partial charge in [-0.1, -0.05) is 37.3 Å². The van der Waals surface area contributed by atoms with Gasteiger partial charge < -0.3 is 4.74 Å². The first-order valence-corrected chi connectivity index (χ1v) is 6.06. The van der Waals surface area contributed by atoms with E-state index in [1.54, 1.807) is 0 Å². The topological polar surface area (TPSA) is 79.9 Å². The van der Waals surface area contributed by atoms with Gasteiger partial charge in [0.05, 0.1) is 13.0 Å². The number of anilines is 1. The van der Waals surface area contributed by atoms with E-state index in [9.17, 15) is 4.79 Å². The third-order valence-electron chi connectivity index (χ3n) is 2.82. The van der Waals surface area contributed by atoms with Crippen LogP contribution >= 0.6 is 0 Å². The zero-order valence-electron chi connectivity index (χ0n) is 10.9. The Hall–Kier alpha value is -2.37. The summed E-state index contributed by atoms with van der Waals surface area (Å²) in [7, 11) is 1.47. The second-order valence-electron chi connectivity index (χ2n) is 4.03. The van der Waals surface area contributed by atoms with Crippen LogP contribution in [0.15, 0.2) is 30.3 Å². The maximum Gasteiger partial charge on any atom is 0.336 e. The molecule has 0 saturated carbocycles. The normalized spacial score (nSPS) is 11.9. The minimum Gasteiger partial charge on any atom is -0.466 e. The number of H-pyrrole nitrogens is 1. The molecule has 0 aliphatic carbocycles. The lowest BCUT2D eigenvalue weighted by atomic mass is 9.96. The van der Waals surface area contributed by atoms with Gasteiger partial charge in [-0.2, -0.15) is 4.98 Å².